The molecule has 0 bridgehead atoms. The van der Waals surface area contributed by atoms with Crippen LogP contribution in [0.5, 0.6) is 0 Å². The normalized spacial score (nSPS) is 12.8. The zero-order valence-corrected chi connectivity index (χ0v) is 16.8. The summed E-state index contributed by atoms with van der Waals surface area (Å²) in [5.74, 6) is 2.02. The molecule has 6 nitrogen and oxygen atoms in total. The molecule has 0 radical (unpaired) electrons. The molecule has 138 valence electrons. The number of aryl methyl sites for hydroxylation is 1. The molecule has 1 amide bonds. The van der Waals surface area contributed by atoms with Gasteiger partial charge in [0.25, 0.3) is 0 Å². The van der Waals surface area contributed by atoms with Gasteiger partial charge in [0, 0.05) is 47.3 Å². The highest BCUT2D eigenvalue weighted by atomic mass is 16.2. The van der Waals surface area contributed by atoms with Gasteiger partial charge in [-0.15, -0.1) is 0 Å². The number of carbonyl (C=O) groups excluding carboxylic acids is 1. The highest BCUT2D eigenvalue weighted by Crippen LogP contribution is 2.27. The highest BCUT2D eigenvalue weighted by molar-refractivity contribution is 5.81. The first-order valence-electron chi connectivity index (χ1n) is 8.73. The van der Waals surface area contributed by atoms with E-state index in [1.807, 2.05) is 39.9 Å². The molecule has 1 atom stereocenters. The lowest BCUT2D eigenvalue weighted by atomic mass is 10.0. The van der Waals surface area contributed by atoms with Crippen LogP contribution >= 0.6 is 0 Å². The number of aromatic nitrogens is 2. The Bertz CT molecular complexity index is 546. The van der Waals surface area contributed by atoms with Gasteiger partial charge in [-0.2, -0.15) is 5.10 Å². The molecule has 0 aromatic carbocycles. The molecule has 0 spiro atoms. The fourth-order valence-electron chi connectivity index (χ4n) is 3.05. The molecule has 1 aromatic heterocycles. The van der Waals surface area contributed by atoms with Crippen LogP contribution in [-0.4, -0.2) is 54.8 Å². The first kappa shape index (κ1) is 20.5. The van der Waals surface area contributed by atoms with Crippen LogP contribution in [0.2, 0.25) is 0 Å². The molecule has 1 aromatic rings. The topological polar surface area (TPSA) is 53.4 Å². The second-order valence-corrected chi connectivity index (χ2v) is 7.66. The lowest BCUT2D eigenvalue weighted by Gasteiger charge is -2.24. The van der Waals surface area contributed by atoms with Gasteiger partial charge >= 0.3 is 0 Å². The van der Waals surface area contributed by atoms with E-state index >= 15 is 0 Å². The van der Waals surface area contributed by atoms with Gasteiger partial charge in [0.05, 0.1) is 11.7 Å². The van der Waals surface area contributed by atoms with Gasteiger partial charge < -0.3 is 15.1 Å². The van der Waals surface area contributed by atoms with Crippen molar-refractivity contribution in [3.63, 3.8) is 0 Å². The third-order valence-electron chi connectivity index (χ3n) is 4.09. The van der Waals surface area contributed by atoms with Crippen LogP contribution in [0.4, 0.5) is 5.82 Å². The summed E-state index contributed by atoms with van der Waals surface area (Å²) in [5.41, 5.74) is 2.27. The predicted molar refractivity (Wildman–Crippen MR) is 100 cm³/mol. The van der Waals surface area contributed by atoms with Crippen molar-refractivity contribution in [1.82, 2.24) is 20.0 Å². The van der Waals surface area contributed by atoms with Gasteiger partial charge in [-0.3, -0.25) is 9.48 Å². The first-order chi connectivity index (χ1) is 11.1. The van der Waals surface area contributed by atoms with Crippen LogP contribution in [0.25, 0.3) is 0 Å². The lowest BCUT2D eigenvalue weighted by Crippen LogP contribution is -2.44. The van der Waals surface area contributed by atoms with E-state index in [1.165, 1.54) is 5.56 Å². The zero-order chi connectivity index (χ0) is 18.6. The molecule has 0 aliphatic heterocycles. The monoisotopic (exact) mass is 337 g/mol. The summed E-state index contributed by atoms with van der Waals surface area (Å²) in [6.07, 6.45) is 0.825. The van der Waals surface area contributed by atoms with Crippen molar-refractivity contribution in [3.8, 4) is 0 Å². The van der Waals surface area contributed by atoms with E-state index in [4.69, 9.17) is 0 Å². The molecular formula is C18H35N5O. The van der Waals surface area contributed by atoms with Crippen molar-refractivity contribution in [2.45, 2.75) is 52.6 Å². The van der Waals surface area contributed by atoms with Crippen LogP contribution in [0.3, 0.4) is 0 Å². The summed E-state index contributed by atoms with van der Waals surface area (Å²) in [6, 6.07) is -0.171. The molecule has 1 N–H and O–H groups in total. The van der Waals surface area contributed by atoms with Crippen molar-refractivity contribution >= 4 is 11.7 Å². The van der Waals surface area contributed by atoms with Gasteiger partial charge in [0.15, 0.2) is 0 Å². The Balaban J connectivity index is 3.07. The minimum atomic E-state index is -0.171. The number of amides is 1. The number of hydrogen-bond donors (Lipinski definition) is 1. The van der Waals surface area contributed by atoms with Crippen molar-refractivity contribution in [2.24, 2.45) is 13.0 Å². The highest BCUT2D eigenvalue weighted by Gasteiger charge is 2.24. The Morgan fingerprint density at radius 3 is 2.17 bits per heavy atom. The number of nitrogens with one attached hydrogen (secondary N) is 1. The van der Waals surface area contributed by atoms with E-state index < -0.39 is 0 Å². The van der Waals surface area contributed by atoms with Gasteiger partial charge in [-0.05, 0) is 18.3 Å². The Hall–Kier alpha value is -1.56. The third-order valence-corrected chi connectivity index (χ3v) is 4.09. The molecule has 24 heavy (non-hydrogen) atoms. The van der Waals surface area contributed by atoms with Crippen LogP contribution < -0.4 is 10.2 Å². The Kier molecular flexibility index (Phi) is 7.27. The van der Waals surface area contributed by atoms with E-state index in [0.717, 1.165) is 17.9 Å². The van der Waals surface area contributed by atoms with Crippen molar-refractivity contribution in [2.75, 3.05) is 33.1 Å². The summed E-state index contributed by atoms with van der Waals surface area (Å²) in [4.78, 5) is 16.2. The molecule has 0 fully saturated rings. The van der Waals surface area contributed by atoms with E-state index in [9.17, 15) is 4.79 Å². The Morgan fingerprint density at radius 2 is 1.75 bits per heavy atom. The standard InChI is InChI=1S/C18H35N5O/c1-12(2)10-15(18(24)22(7)8)19-11-14-16(13(3)4)20-23(9)17(14)21(5)6/h12-13,15,19H,10-11H2,1-9H3/t15-/m0/s1. The number of carbonyl (C=O) groups is 1. The summed E-state index contributed by atoms with van der Waals surface area (Å²) in [6.45, 7) is 9.24. The summed E-state index contributed by atoms with van der Waals surface area (Å²) in [7, 11) is 9.65. The van der Waals surface area contributed by atoms with Crippen molar-refractivity contribution in [3.05, 3.63) is 11.3 Å². The largest absolute Gasteiger partial charge is 0.363 e. The van der Waals surface area contributed by atoms with E-state index in [2.05, 4.69) is 43.0 Å². The van der Waals surface area contributed by atoms with E-state index in [0.29, 0.717) is 18.4 Å². The number of nitrogens with zero attached hydrogens (tertiary/aromatic N) is 4. The summed E-state index contributed by atoms with van der Waals surface area (Å²) in [5, 5.41) is 8.17. The molecular weight excluding hydrogens is 302 g/mol. The van der Waals surface area contributed by atoms with Crippen molar-refractivity contribution < 1.29 is 4.79 Å². The minimum Gasteiger partial charge on any atom is -0.363 e. The molecule has 0 unspecified atom stereocenters. The summed E-state index contributed by atoms with van der Waals surface area (Å²) >= 11 is 0. The molecule has 0 saturated carbocycles. The van der Waals surface area contributed by atoms with Crippen LogP contribution in [0.15, 0.2) is 0 Å². The zero-order valence-electron chi connectivity index (χ0n) is 16.8. The quantitative estimate of drug-likeness (QED) is 0.790. The Labute approximate surface area is 147 Å². The lowest BCUT2D eigenvalue weighted by molar-refractivity contribution is -0.131. The predicted octanol–water partition coefficient (Wildman–Crippen LogP) is 2.20. The molecule has 1 heterocycles. The van der Waals surface area contributed by atoms with Gasteiger partial charge in [-0.1, -0.05) is 27.7 Å². The maximum atomic E-state index is 12.5. The second-order valence-electron chi connectivity index (χ2n) is 7.66. The molecule has 0 aliphatic carbocycles. The van der Waals surface area contributed by atoms with Crippen LogP contribution in [0.1, 0.15) is 51.3 Å². The first-order valence-corrected chi connectivity index (χ1v) is 8.73. The third kappa shape index (κ3) is 4.97. The SMILES string of the molecule is CC(C)C[C@H](NCc1c(C(C)C)nn(C)c1N(C)C)C(=O)N(C)C. The molecule has 6 heteroatoms. The van der Waals surface area contributed by atoms with E-state index in [1.54, 1.807) is 4.90 Å². The fourth-order valence-corrected chi connectivity index (χ4v) is 3.05. The average Bonchev–Trinajstić information content (AvgIpc) is 2.79. The summed E-state index contributed by atoms with van der Waals surface area (Å²) < 4.78 is 1.93. The number of anilines is 1. The van der Waals surface area contributed by atoms with E-state index in [-0.39, 0.29) is 11.9 Å². The molecule has 1 rings (SSSR count). The van der Waals surface area contributed by atoms with Crippen LogP contribution in [0, 0.1) is 5.92 Å². The second kappa shape index (κ2) is 8.51. The minimum absolute atomic E-state index is 0.130. The number of rotatable bonds is 8. The van der Waals surface area contributed by atoms with Gasteiger partial charge in [0.1, 0.15) is 5.82 Å². The fraction of sp³-hybridized carbons (Fsp3) is 0.778. The molecule has 0 aliphatic rings. The van der Waals surface area contributed by atoms with Crippen LogP contribution in [-0.2, 0) is 18.4 Å². The van der Waals surface area contributed by atoms with Crippen molar-refractivity contribution in [1.29, 1.82) is 0 Å². The smallest absolute Gasteiger partial charge is 0.239 e. The Morgan fingerprint density at radius 1 is 1.17 bits per heavy atom. The molecule has 0 saturated heterocycles. The maximum absolute atomic E-state index is 12.5. The van der Waals surface area contributed by atoms with Gasteiger partial charge in [0.2, 0.25) is 5.91 Å². The average molecular weight is 338 g/mol. The number of likely N-dealkylation sites (N-methyl/N-ethyl adjacent to an activating group) is 1. The number of hydrogen-bond acceptors (Lipinski definition) is 4. The maximum Gasteiger partial charge on any atom is 0.239 e. The van der Waals surface area contributed by atoms with Gasteiger partial charge in [-0.25, -0.2) is 0 Å².